The molecule has 0 bridgehead atoms. The maximum atomic E-state index is 10.7. The number of nitro groups is 2. The van der Waals surface area contributed by atoms with Gasteiger partial charge in [-0.3, -0.25) is 20.2 Å². The summed E-state index contributed by atoms with van der Waals surface area (Å²) in [6.07, 6.45) is 0. The van der Waals surface area contributed by atoms with E-state index in [4.69, 9.17) is 5.73 Å². The molecule has 0 spiro atoms. The summed E-state index contributed by atoms with van der Waals surface area (Å²) < 4.78 is 0. The van der Waals surface area contributed by atoms with E-state index in [0.29, 0.717) is 11.4 Å². The number of nitrogens with two attached hydrogens (primary N) is 1. The molecule has 0 atom stereocenters. The Bertz CT molecular complexity index is 695. The number of benzene rings is 2. The maximum absolute atomic E-state index is 10.7. The Morgan fingerprint density at radius 3 is 1.76 bits per heavy atom. The van der Waals surface area contributed by atoms with Gasteiger partial charge in [0.05, 0.1) is 27.3 Å². The fourth-order valence-corrected chi connectivity index (χ4v) is 1.50. The van der Waals surface area contributed by atoms with Gasteiger partial charge in [0, 0.05) is 17.8 Å². The Morgan fingerprint density at radius 2 is 1.29 bits per heavy atom. The van der Waals surface area contributed by atoms with E-state index >= 15 is 0 Å². The van der Waals surface area contributed by atoms with Crippen molar-refractivity contribution in [2.45, 2.75) is 0 Å². The Balaban J connectivity index is 2.36. The number of anilines is 1. The second-order valence-electron chi connectivity index (χ2n) is 4.01. The number of hydrogen-bond donors (Lipinski definition) is 1. The third-order valence-corrected chi connectivity index (χ3v) is 2.48. The van der Waals surface area contributed by atoms with Gasteiger partial charge in [0.2, 0.25) is 0 Å². The molecule has 0 aliphatic heterocycles. The Labute approximate surface area is 118 Å². The average molecular weight is 287 g/mol. The monoisotopic (exact) mass is 287 g/mol. The standard InChI is InChI=1S/C12H9N5O4/c13-8-1-3-9(4-2-8)14-15-10-5-11(16(18)19)7-12(6-10)17(20)21/h1-7H,13H2. The zero-order valence-corrected chi connectivity index (χ0v) is 10.5. The van der Waals surface area contributed by atoms with Crippen molar-refractivity contribution in [3.8, 4) is 0 Å². The Morgan fingerprint density at radius 1 is 0.810 bits per heavy atom. The van der Waals surface area contributed by atoms with Crippen molar-refractivity contribution in [2.75, 3.05) is 5.73 Å². The number of rotatable bonds is 4. The quantitative estimate of drug-likeness (QED) is 0.397. The van der Waals surface area contributed by atoms with Gasteiger partial charge in [-0.2, -0.15) is 10.2 Å². The molecule has 9 heteroatoms. The second kappa shape index (κ2) is 5.74. The van der Waals surface area contributed by atoms with E-state index in [1.807, 2.05) is 0 Å². The molecule has 0 saturated carbocycles. The summed E-state index contributed by atoms with van der Waals surface area (Å²) in [5.74, 6) is 0. The van der Waals surface area contributed by atoms with Gasteiger partial charge in [0.1, 0.15) is 0 Å². The zero-order chi connectivity index (χ0) is 15.4. The van der Waals surface area contributed by atoms with Crippen LogP contribution in [0.4, 0.5) is 28.4 Å². The lowest BCUT2D eigenvalue weighted by Crippen LogP contribution is -1.92. The summed E-state index contributed by atoms with van der Waals surface area (Å²) in [6, 6.07) is 9.51. The topological polar surface area (TPSA) is 137 Å². The van der Waals surface area contributed by atoms with Crippen LogP contribution < -0.4 is 5.73 Å². The van der Waals surface area contributed by atoms with Gasteiger partial charge in [-0.25, -0.2) is 0 Å². The number of nitrogen functional groups attached to an aromatic ring is 1. The lowest BCUT2D eigenvalue weighted by molar-refractivity contribution is -0.394. The van der Waals surface area contributed by atoms with Gasteiger partial charge < -0.3 is 5.73 Å². The molecule has 2 N–H and O–H groups in total. The minimum absolute atomic E-state index is 0.0210. The molecule has 9 nitrogen and oxygen atoms in total. The summed E-state index contributed by atoms with van der Waals surface area (Å²) >= 11 is 0. The van der Waals surface area contributed by atoms with E-state index in [2.05, 4.69) is 10.2 Å². The number of hydrogen-bond acceptors (Lipinski definition) is 7. The summed E-state index contributed by atoms with van der Waals surface area (Å²) in [7, 11) is 0. The lowest BCUT2D eigenvalue weighted by Gasteiger charge is -1.97. The fourth-order valence-electron chi connectivity index (χ4n) is 1.50. The lowest BCUT2D eigenvalue weighted by atomic mass is 10.2. The summed E-state index contributed by atoms with van der Waals surface area (Å²) in [6.45, 7) is 0. The van der Waals surface area contributed by atoms with Crippen molar-refractivity contribution in [1.29, 1.82) is 0 Å². The van der Waals surface area contributed by atoms with Crippen LogP contribution in [-0.2, 0) is 0 Å². The highest BCUT2D eigenvalue weighted by Gasteiger charge is 2.16. The highest BCUT2D eigenvalue weighted by atomic mass is 16.6. The first kappa shape index (κ1) is 14.1. The second-order valence-corrected chi connectivity index (χ2v) is 4.01. The van der Waals surface area contributed by atoms with Gasteiger partial charge in [-0.1, -0.05) is 0 Å². The molecule has 0 aliphatic rings. The van der Waals surface area contributed by atoms with Crippen LogP contribution >= 0.6 is 0 Å². The van der Waals surface area contributed by atoms with Crippen molar-refractivity contribution >= 4 is 28.4 Å². The average Bonchev–Trinajstić information content (AvgIpc) is 2.46. The zero-order valence-electron chi connectivity index (χ0n) is 10.5. The number of nitrogens with zero attached hydrogens (tertiary/aromatic N) is 4. The minimum Gasteiger partial charge on any atom is -0.399 e. The van der Waals surface area contributed by atoms with Crippen LogP contribution in [0, 0.1) is 20.2 Å². The molecule has 0 fully saturated rings. The third-order valence-electron chi connectivity index (χ3n) is 2.48. The van der Waals surface area contributed by atoms with E-state index in [9.17, 15) is 20.2 Å². The first-order valence-electron chi connectivity index (χ1n) is 5.67. The predicted octanol–water partition coefficient (Wildman–Crippen LogP) is 3.50. The molecule has 2 rings (SSSR count). The van der Waals surface area contributed by atoms with Crippen LogP contribution in [0.1, 0.15) is 0 Å². The van der Waals surface area contributed by atoms with E-state index in [1.54, 1.807) is 24.3 Å². The van der Waals surface area contributed by atoms with E-state index in [-0.39, 0.29) is 5.69 Å². The number of non-ortho nitro benzene ring substituents is 2. The molecule has 0 aliphatic carbocycles. The smallest absolute Gasteiger partial charge is 0.278 e. The minimum atomic E-state index is -0.727. The van der Waals surface area contributed by atoms with Crippen LogP contribution in [0.15, 0.2) is 52.7 Å². The molecule has 106 valence electrons. The summed E-state index contributed by atoms with van der Waals surface area (Å²) in [5, 5.41) is 29.1. The first-order chi connectivity index (χ1) is 9.95. The van der Waals surface area contributed by atoms with Crippen LogP contribution in [-0.4, -0.2) is 9.85 Å². The highest BCUT2D eigenvalue weighted by Crippen LogP contribution is 2.29. The van der Waals surface area contributed by atoms with Crippen molar-refractivity contribution in [3.63, 3.8) is 0 Å². The molecule has 0 unspecified atom stereocenters. The first-order valence-corrected chi connectivity index (χ1v) is 5.67. The summed E-state index contributed by atoms with van der Waals surface area (Å²) in [4.78, 5) is 20.0. The van der Waals surface area contributed by atoms with Crippen LogP contribution in [0.2, 0.25) is 0 Å². The predicted molar refractivity (Wildman–Crippen MR) is 74.8 cm³/mol. The molecule has 21 heavy (non-hydrogen) atoms. The van der Waals surface area contributed by atoms with Crippen molar-refractivity contribution < 1.29 is 9.85 Å². The maximum Gasteiger partial charge on any atom is 0.278 e. The van der Waals surface area contributed by atoms with E-state index in [1.165, 1.54) is 0 Å². The Hall–Kier alpha value is -3.36. The summed E-state index contributed by atoms with van der Waals surface area (Å²) in [5.41, 5.74) is 5.72. The molecule has 2 aromatic carbocycles. The van der Waals surface area contributed by atoms with E-state index in [0.717, 1.165) is 18.2 Å². The Kier molecular flexibility index (Phi) is 3.84. The molecular weight excluding hydrogens is 278 g/mol. The molecule has 0 saturated heterocycles. The van der Waals surface area contributed by atoms with E-state index < -0.39 is 21.2 Å². The van der Waals surface area contributed by atoms with Crippen molar-refractivity contribution in [1.82, 2.24) is 0 Å². The van der Waals surface area contributed by atoms with Crippen LogP contribution in [0.25, 0.3) is 0 Å². The third kappa shape index (κ3) is 3.56. The van der Waals surface area contributed by atoms with Gasteiger partial charge in [0.25, 0.3) is 11.4 Å². The highest BCUT2D eigenvalue weighted by molar-refractivity contribution is 5.56. The van der Waals surface area contributed by atoms with Gasteiger partial charge in [-0.15, -0.1) is 0 Å². The molecule has 2 aromatic rings. The van der Waals surface area contributed by atoms with Crippen LogP contribution in [0.3, 0.4) is 0 Å². The van der Waals surface area contributed by atoms with Crippen molar-refractivity contribution in [3.05, 3.63) is 62.7 Å². The SMILES string of the molecule is Nc1ccc(N=Nc2cc([N+](=O)[O-])cc([N+](=O)[O-])c2)cc1. The number of azo groups is 1. The molecule has 0 aromatic heterocycles. The molecule has 0 radical (unpaired) electrons. The molecular formula is C12H9N5O4. The molecule has 0 heterocycles. The van der Waals surface area contributed by atoms with Crippen LogP contribution in [0.5, 0.6) is 0 Å². The largest absolute Gasteiger partial charge is 0.399 e. The molecule has 0 amide bonds. The van der Waals surface area contributed by atoms with Gasteiger partial charge in [0.15, 0.2) is 0 Å². The van der Waals surface area contributed by atoms with Crippen molar-refractivity contribution in [2.24, 2.45) is 10.2 Å². The normalized spacial score (nSPS) is 10.7. The fraction of sp³-hybridized carbons (Fsp3) is 0. The number of nitro benzene ring substituents is 2. The van der Waals surface area contributed by atoms with Gasteiger partial charge >= 0.3 is 0 Å². The van der Waals surface area contributed by atoms with Gasteiger partial charge in [-0.05, 0) is 24.3 Å².